The lowest BCUT2D eigenvalue weighted by Gasteiger charge is -2.19. The summed E-state index contributed by atoms with van der Waals surface area (Å²) in [6.45, 7) is 10.8. The van der Waals surface area contributed by atoms with E-state index in [0.717, 1.165) is 27.3 Å². The topological polar surface area (TPSA) is 72.8 Å². The molecule has 1 N–H and O–H groups in total. The second kappa shape index (κ2) is 11.4. The van der Waals surface area contributed by atoms with Gasteiger partial charge in [-0.15, -0.1) is 11.3 Å². The highest BCUT2D eigenvalue weighted by Gasteiger charge is 2.17. The number of carbonyl (C=O) groups excluding carboxylic acids is 1. The summed E-state index contributed by atoms with van der Waals surface area (Å²) < 4.78 is 11.4. The van der Waals surface area contributed by atoms with Crippen molar-refractivity contribution in [2.75, 3.05) is 12.0 Å². The van der Waals surface area contributed by atoms with Crippen LogP contribution in [0.3, 0.4) is 0 Å². The van der Waals surface area contributed by atoms with Gasteiger partial charge in [0.15, 0.2) is 11.5 Å². The molecule has 4 rings (SSSR count). The first-order chi connectivity index (χ1) is 17.7. The lowest BCUT2D eigenvalue weighted by molar-refractivity contribution is 0.0728. The molecule has 0 bridgehead atoms. The van der Waals surface area contributed by atoms with Gasteiger partial charge in [-0.05, 0) is 60.7 Å². The van der Waals surface area contributed by atoms with E-state index in [-0.39, 0.29) is 5.41 Å². The number of rotatable bonds is 8. The summed E-state index contributed by atoms with van der Waals surface area (Å²) in [7, 11) is 0. The number of benzene rings is 3. The van der Waals surface area contributed by atoms with Crippen molar-refractivity contribution in [1.29, 1.82) is 0 Å². The molecule has 0 saturated heterocycles. The summed E-state index contributed by atoms with van der Waals surface area (Å²) in [5.74, 6) is 0.403. The molecule has 0 unspecified atom stereocenters. The minimum Gasteiger partial charge on any atom is -0.490 e. The maximum absolute atomic E-state index is 12.8. The van der Waals surface area contributed by atoms with Crippen LogP contribution in [-0.4, -0.2) is 23.8 Å². The van der Waals surface area contributed by atoms with Crippen LogP contribution < -0.4 is 14.9 Å². The van der Waals surface area contributed by atoms with Crippen molar-refractivity contribution in [3.8, 4) is 22.8 Å². The van der Waals surface area contributed by atoms with Gasteiger partial charge < -0.3 is 9.47 Å². The fourth-order valence-corrected chi connectivity index (χ4v) is 4.48. The third kappa shape index (κ3) is 6.62. The number of aromatic nitrogens is 1. The van der Waals surface area contributed by atoms with Crippen LogP contribution in [0.25, 0.3) is 11.3 Å². The van der Waals surface area contributed by atoms with Gasteiger partial charge in [-0.2, -0.15) is 5.10 Å². The van der Waals surface area contributed by atoms with Crippen LogP contribution >= 0.6 is 11.3 Å². The highest BCUT2D eigenvalue weighted by molar-refractivity contribution is 7.16. The van der Waals surface area contributed by atoms with Crippen molar-refractivity contribution < 1.29 is 14.3 Å². The smallest absolute Gasteiger partial charge is 0.343 e. The molecule has 1 heterocycles. The van der Waals surface area contributed by atoms with Crippen LogP contribution in [0, 0.1) is 6.92 Å². The average Bonchev–Trinajstić information content (AvgIpc) is 3.26. The first kappa shape index (κ1) is 26.1. The lowest BCUT2D eigenvalue weighted by Crippen LogP contribution is -2.13. The summed E-state index contributed by atoms with van der Waals surface area (Å²) in [4.78, 5) is 18.5. The molecule has 4 aromatic rings. The fourth-order valence-electron chi connectivity index (χ4n) is 3.69. The van der Waals surface area contributed by atoms with E-state index < -0.39 is 5.97 Å². The number of carbonyl (C=O) groups is 1. The van der Waals surface area contributed by atoms with Crippen LogP contribution in [-0.2, 0) is 5.41 Å². The van der Waals surface area contributed by atoms with Gasteiger partial charge in [0.2, 0.25) is 5.13 Å². The number of nitrogens with one attached hydrogen (secondary N) is 1. The Morgan fingerprint density at radius 3 is 2.43 bits per heavy atom. The van der Waals surface area contributed by atoms with Crippen molar-refractivity contribution in [3.63, 3.8) is 0 Å². The van der Waals surface area contributed by atoms with Gasteiger partial charge in [-0.3, -0.25) is 5.43 Å². The van der Waals surface area contributed by atoms with Crippen molar-refractivity contribution in [2.24, 2.45) is 5.10 Å². The number of nitrogens with zero attached hydrogens (tertiary/aromatic N) is 2. The Morgan fingerprint density at radius 2 is 1.76 bits per heavy atom. The molecule has 0 aliphatic heterocycles. The minimum absolute atomic E-state index is 0.0133. The van der Waals surface area contributed by atoms with Crippen molar-refractivity contribution in [2.45, 2.75) is 40.0 Å². The highest BCUT2D eigenvalue weighted by atomic mass is 32.1. The summed E-state index contributed by atoms with van der Waals surface area (Å²) >= 11 is 1.55. The molecule has 37 heavy (non-hydrogen) atoms. The standard InChI is InChI=1S/C30H31N3O3S/c1-6-35-26-18-21(19-31-33-29-32-27(20(2)37-29)22-10-8-7-9-11-22)12-17-25(26)36-28(34)23-13-15-24(16-14-23)30(3,4)5/h7-19H,6H2,1-5H3,(H,32,33). The van der Waals surface area contributed by atoms with Gasteiger partial charge in [-0.1, -0.05) is 63.2 Å². The molecular weight excluding hydrogens is 482 g/mol. The number of aryl methyl sites for hydroxylation is 1. The monoisotopic (exact) mass is 513 g/mol. The molecule has 0 aliphatic rings. The van der Waals surface area contributed by atoms with E-state index in [1.807, 2.05) is 62.4 Å². The predicted molar refractivity (Wildman–Crippen MR) is 151 cm³/mol. The first-order valence-corrected chi connectivity index (χ1v) is 13.0. The van der Waals surface area contributed by atoms with Gasteiger partial charge in [0, 0.05) is 10.4 Å². The Balaban J connectivity index is 1.45. The van der Waals surface area contributed by atoms with E-state index in [2.05, 4.69) is 36.3 Å². The van der Waals surface area contributed by atoms with Crippen LogP contribution in [0.4, 0.5) is 5.13 Å². The molecule has 7 heteroatoms. The van der Waals surface area contributed by atoms with Gasteiger partial charge in [0.25, 0.3) is 0 Å². The van der Waals surface area contributed by atoms with E-state index in [1.54, 1.807) is 41.8 Å². The third-order valence-corrected chi connectivity index (χ3v) is 6.55. The molecule has 6 nitrogen and oxygen atoms in total. The molecule has 0 atom stereocenters. The molecule has 0 fully saturated rings. The summed E-state index contributed by atoms with van der Waals surface area (Å²) in [6, 6.07) is 22.9. The Kier molecular flexibility index (Phi) is 8.04. The SMILES string of the molecule is CCOc1cc(C=NNc2nc(-c3ccccc3)c(C)s2)ccc1OC(=O)c1ccc(C(C)(C)C)cc1. The number of esters is 1. The zero-order valence-corrected chi connectivity index (χ0v) is 22.6. The molecule has 0 amide bonds. The van der Waals surface area contributed by atoms with E-state index in [4.69, 9.17) is 9.47 Å². The van der Waals surface area contributed by atoms with E-state index in [1.165, 1.54) is 0 Å². The zero-order valence-electron chi connectivity index (χ0n) is 21.7. The Morgan fingerprint density at radius 1 is 1.03 bits per heavy atom. The van der Waals surface area contributed by atoms with Gasteiger partial charge >= 0.3 is 5.97 Å². The second-order valence-electron chi connectivity index (χ2n) is 9.52. The number of anilines is 1. The quantitative estimate of drug-likeness (QED) is 0.114. The Labute approximate surface area is 222 Å². The predicted octanol–water partition coefficient (Wildman–Crippen LogP) is 7.48. The Hall–Kier alpha value is -3.97. The third-order valence-electron chi connectivity index (χ3n) is 5.67. The normalized spacial score (nSPS) is 11.5. The zero-order chi connectivity index (χ0) is 26.4. The fraction of sp³-hybridized carbons (Fsp3) is 0.233. The number of hydrazone groups is 1. The van der Waals surface area contributed by atoms with Gasteiger partial charge in [-0.25, -0.2) is 9.78 Å². The molecule has 0 aliphatic carbocycles. The van der Waals surface area contributed by atoms with Crippen LogP contribution in [0.15, 0.2) is 77.9 Å². The molecular formula is C30H31N3O3S. The number of thiazole rings is 1. The largest absolute Gasteiger partial charge is 0.490 e. The average molecular weight is 514 g/mol. The first-order valence-electron chi connectivity index (χ1n) is 12.2. The molecule has 3 aromatic carbocycles. The molecule has 1 aromatic heterocycles. The molecule has 0 spiro atoms. The van der Waals surface area contributed by atoms with Gasteiger partial charge in [0.05, 0.1) is 24.1 Å². The van der Waals surface area contributed by atoms with Crippen molar-refractivity contribution in [3.05, 3.63) is 94.4 Å². The summed E-state index contributed by atoms with van der Waals surface area (Å²) in [5, 5.41) is 5.05. The van der Waals surface area contributed by atoms with E-state index >= 15 is 0 Å². The Bertz CT molecular complexity index is 1390. The van der Waals surface area contributed by atoms with Gasteiger partial charge in [0.1, 0.15) is 0 Å². The van der Waals surface area contributed by atoms with Crippen molar-refractivity contribution in [1.82, 2.24) is 4.98 Å². The summed E-state index contributed by atoms with van der Waals surface area (Å²) in [5.41, 5.74) is 7.47. The number of hydrogen-bond donors (Lipinski definition) is 1. The lowest BCUT2D eigenvalue weighted by atomic mass is 9.87. The molecule has 0 saturated carbocycles. The van der Waals surface area contributed by atoms with Crippen LogP contribution in [0.5, 0.6) is 11.5 Å². The second-order valence-corrected chi connectivity index (χ2v) is 10.7. The minimum atomic E-state index is -0.433. The highest BCUT2D eigenvalue weighted by Crippen LogP contribution is 2.31. The summed E-state index contributed by atoms with van der Waals surface area (Å²) in [6.07, 6.45) is 1.68. The molecule has 190 valence electrons. The van der Waals surface area contributed by atoms with Crippen LogP contribution in [0.1, 0.15) is 54.1 Å². The maximum Gasteiger partial charge on any atom is 0.343 e. The number of ether oxygens (including phenoxy) is 2. The maximum atomic E-state index is 12.8. The molecule has 0 radical (unpaired) electrons. The van der Waals surface area contributed by atoms with Crippen LogP contribution in [0.2, 0.25) is 0 Å². The van der Waals surface area contributed by atoms with E-state index in [0.29, 0.717) is 28.8 Å². The van der Waals surface area contributed by atoms with E-state index in [9.17, 15) is 4.79 Å². The van der Waals surface area contributed by atoms with Crippen molar-refractivity contribution >= 4 is 28.7 Å². The number of hydrogen-bond acceptors (Lipinski definition) is 7.